The van der Waals surface area contributed by atoms with Crippen molar-refractivity contribution in [3.8, 4) is 0 Å². The summed E-state index contributed by atoms with van der Waals surface area (Å²) in [4.78, 5) is 17.8. The summed E-state index contributed by atoms with van der Waals surface area (Å²) >= 11 is 1.50. The summed E-state index contributed by atoms with van der Waals surface area (Å²) < 4.78 is 1.67. The van der Waals surface area contributed by atoms with E-state index in [2.05, 4.69) is 41.5 Å². The Hall–Kier alpha value is -1.73. The van der Waals surface area contributed by atoms with Crippen LogP contribution in [0, 0.1) is 0 Å². The summed E-state index contributed by atoms with van der Waals surface area (Å²) in [5, 5.41) is 10.6. The van der Waals surface area contributed by atoms with E-state index in [1.54, 1.807) is 17.9 Å². The minimum atomic E-state index is -0.444. The fraction of sp³-hybridized carbons (Fsp3) is 0.500. The molecule has 0 saturated carbocycles. The Bertz CT molecular complexity index is 625. The van der Waals surface area contributed by atoms with Gasteiger partial charge in [0.05, 0.1) is 6.20 Å². The number of likely N-dealkylation sites (N-methyl/N-ethyl adjacent to an activating group) is 1. The Labute approximate surface area is 128 Å². The van der Waals surface area contributed by atoms with Crippen molar-refractivity contribution in [2.24, 2.45) is 7.05 Å². The molecule has 0 aliphatic rings. The highest BCUT2D eigenvalue weighted by atomic mass is 32.1. The zero-order chi connectivity index (χ0) is 15.6. The van der Waals surface area contributed by atoms with Crippen molar-refractivity contribution in [3.63, 3.8) is 0 Å². The van der Waals surface area contributed by atoms with Crippen LogP contribution in [0.1, 0.15) is 37.3 Å². The number of nitrogens with zero attached hydrogens (tertiary/aromatic N) is 3. The largest absolute Gasteiger partial charge is 0.305 e. The van der Waals surface area contributed by atoms with Crippen LogP contribution >= 0.6 is 11.3 Å². The lowest BCUT2D eigenvalue weighted by molar-refractivity contribution is -0.118. The number of anilines is 1. The number of nitrogens with one attached hydrogen (secondary N) is 2. The highest BCUT2D eigenvalue weighted by molar-refractivity contribution is 7.15. The molecule has 0 aliphatic carbocycles. The molecule has 0 fully saturated rings. The van der Waals surface area contributed by atoms with Gasteiger partial charge in [-0.2, -0.15) is 5.10 Å². The number of hydrogen-bond acceptors (Lipinski definition) is 5. The van der Waals surface area contributed by atoms with Gasteiger partial charge in [-0.15, -0.1) is 11.3 Å². The van der Waals surface area contributed by atoms with Crippen LogP contribution in [0.3, 0.4) is 0 Å². The van der Waals surface area contributed by atoms with Crippen molar-refractivity contribution in [2.45, 2.75) is 32.2 Å². The first-order valence-electron chi connectivity index (χ1n) is 6.74. The van der Waals surface area contributed by atoms with Gasteiger partial charge in [0, 0.05) is 29.9 Å². The predicted octanol–water partition coefficient (Wildman–Crippen LogP) is 2.07. The number of aryl methyl sites for hydroxylation is 1. The van der Waals surface area contributed by atoms with Gasteiger partial charge in [-0.05, 0) is 12.5 Å². The quantitative estimate of drug-likeness (QED) is 0.907. The molecule has 1 amide bonds. The summed E-state index contributed by atoms with van der Waals surface area (Å²) in [6.45, 7) is 6.37. The van der Waals surface area contributed by atoms with Crippen LogP contribution in [0.15, 0.2) is 18.6 Å². The highest BCUT2D eigenvalue weighted by Gasteiger charge is 2.22. The van der Waals surface area contributed by atoms with Crippen LogP contribution in [0.25, 0.3) is 0 Å². The van der Waals surface area contributed by atoms with Crippen LogP contribution in [-0.4, -0.2) is 27.7 Å². The molecular formula is C14H21N5OS. The minimum absolute atomic E-state index is 0.0341. The summed E-state index contributed by atoms with van der Waals surface area (Å²) in [6.07, 6.45) is 5.32. The zero-order valence-corrected chi connectivity index (χ0v) is 13.8. The van der Waals surface area contributed by atoms with Gasteiger partial charge in [0.15, 0.2) is 5.13 Å². The van der Waals surface area contributed by atoms with Crippen molar-refractivity contribution in [2.75, 3.05) is 12.4 Å². The molecule has 0 spiro atoms. The van der Waals surface area contributed by atoms with Gasteiger partial charge in [-0.3, -0.25) is 9.48 Å². The van der Waals surface area contributed by atoms with E-state index in [-0.39, 0.29) is 11.3 Å². The third-order valence-electron chi connectivity index (χ3n) is 3.08. The molecule has 21 heavy (non-hydrogen) atoms. The second kappa shape index (κ2) is 5.95. The van der Waals surface area contributed by atoms with Crippen LogP contribution in [0.5, 0.6) is 0 Å². The lowest BCUT2D eigenvalue weighted by Gasteiger charge is -2.15. The number of hydrogen-bond donors (Lipinski definition) is 2. The minimum Gasteiger partial charge on any atom is -0.305 e. The van der Waals surface area contributed by atoms with E-state index in [1.807, 2.05) is 19.4 Å². The van der Waals surface area contributed by atoms with Crippen LogP contribution < -0.4 is 10.6 Å². The first kappa shape index (κ1) is 15.7. The second-order valence-corrected chi connectivity index (χ2v) is 6.97. The van der Waals surface area contributed by atoms with Crippen LogP contribution in [0.2, 0.25) is 0 Å². The molecule has 0 aromatic carbocycles. The maximum atomic E-state index is 12.4. The smallest absolute Gasteiger partial charge is 0.247 e. The van der Waals surface area contributed by atoms with E-state index in [0.717, 1.165) is 10.4 Å². The molecule has 6 nitrogen and oxygen atoms in total. The van der Waals surface area contributed by atoms with Gasteiger partial charge in [-0.1, -0.05) is 20.8 Å². The Morgan fingerprint density at radius 1 is 1.38 bits per heavy atom. The van der Waals surface area contributed by atoms with Crippen molar-refractivity contribution in [1.82, 2.24) is 20.1 Å². The Morgan fingerprint density at radius 3 is 2.57 bits per heavy atom. The Balaban J connectivity index is 2.11. The lowest BCUT2D eigenvalue weighted by atomic mass is 9.96. The summed E-state index contributed by atoms with van der Waals surface area (Å²) in [5.41, 5.74) is 0.858. The monoisotopic (exact) mass is 307 g/mol. The molecule has 2 N–H and O–H groups in total. The number of carbonyl (C=O) groups is 1. The molecule has 0 radical (unpaired) electrons. The summed E-state index contributed by atoms with van der Waals surface area (Å²) in [6, 6.07) is -0.444. The predicted molar refractivity (Wildman–Crippen MR) is 84.5 cm³/mol. The van der Waals surface area contributed by atoms with Crippen molar-refractivity contribution < 1.29 is 4.79 Å². The van der Waals surface area contributed by atoms with Crippen molar-refractivity contribution in [3.05, 3.63) is 29.0 Å². The molecule has 1 atom stereocenters. The number of amides is 1. The van der Waals surface area contributed by atoms with E-state index in [9.17, 15) is 4.79 Å². The van der Waals surface area contributed by atoms with Gasteiger partial charge in [0.2, 0.25) is 5.91 Å². The summed E-state index contributed by atoms with van der Waals surface area (Å²) in [5.74, 6) is -0.139. The van der Waals surface area contributed by atoms with Gasteiger partial charge in [0.1, 0.15) is 6.04 Å². The van der Waals surface area contributed by atoms with Crippen molar-refractivity contribution >= 4 is 22.4 Å². The maximum absolute atomic E-state index is 12.4. The molecular weight excluding hydrogens is 286 g/mol. The normalized spacial score (nSPS) is 13.2. The molecule has 0 bridgehead atoms. The SMILES string of the molecule is CNC(C(=O)Nc1ncc(C(C)(C)C)s1)c1cnn(C)c1. The molecule has 2 rings (SSSR count). The van der Waals surface area contributed by atoms with Crippen LogP contribution in [-0.2, 0) is 17.3 Å². The van der Waals surface area contributed by atoms with E-state index in [1.165, 1.54) is 11.3 Å². The van der Waals surface area contributed by atoms with Gasteiger partial charge >= 0.3 is 0 Å². The van der Waals surface area contributed by atoms with Gasteiger partial charge in [0.25, 0.3) is 0 Å². The molecule has 2 heterocycles. The number of rotatable bonds is 4. The average Bonchev–Trinajstić information content (AvgIpc) is 2.99. The van der Waals surface area contributed by atoms with Gasteiger partial charge in [-0.25, -0.2) is 4.98 Å². The maximum Gasteiger partial charge on any atom is 0.247 e. The zero-order valence-electron chi connectivity index (χ0n) is 13.0. The Morgan fingerprint density at radius 2 is 2.10 bits per heavy atom. The number of aromatic nitrogens is 3. The van der Waals surface area contributed by atoms with Crippen LogP contribution in [0.4, 0.5) is 5.13 Å². The molecule has 1 unspecified atom stereocenters. The topological polar surface area (TPSA) is 71.8 Å². The molecule has 0 aliphatic heterocycles. The molecule has 0 saturated heterocycles. The number of thiazole rings is 1. The van der Waals surface area contributed by atoms with E-state index < -0.39 is 6.04 Å². The van der Waals surface area contributed by atoms with Gasteiger partial charge < -0.3 is 10.6 Å². The summed E-state index contributed by atoms with van der Waals surface area (Å²) in [7, 11) is 3.57. The first-order valence-corrected chi connectivity index (χ1v) is 7.56. The van der Waals surface area contributed by atoms with E-state index >= 15 is 0 Å². The van der Waals surface area contributed by atoms with Crippen molar-refractivity contribution in [1.29, 1.82) is 0 Å². The average molecular weight is 307 g/mol. The lowest BCUT2D eigenvalue weighted by Crippen LogP contribution is -2.30. The molecule has 2 aromatic heterocycles. The fourth-order valence-electron chi connectivity index (χ4n) is 1.89. The number of carbonyl (C=O) groups excluding carboxylic acids is 1. The highest BCUT2D eigenvalue weighted by Crippen LogP contribution is 2.30. The Kier molecular flexibility index (Phi) is 4.43. The standard InChI is InChI=1S/C14H21N5OS/c1-14(2,3)10-7-16-13(21-10)18-12(20)11(15-4)9-6-17-19(5)8-9/h6-8,11,15H,1-5H3,(H,16,18,20). The van der Waals surface area contributed by atoms with E-state index in [4.69, 9.17) is 0 Å². The molecule has 2 aromatic rings. The first-order chi connectivity index (χ1) is 9.81. The van der Waals surface area contributed by atoms with E-state index in [0.29, 0.717) is 5.13 Å². The third-order valence-corrected chi connectivity index (χ3v) is 4.42. The third kappa shape index (κ3) is 3.68. The molecule has 7 heteroatoms. The second-order valence-electron chi connectivity index (χ2n) is 5.94. The fourth-order valence-corrected chi connectivity index (χ4v) is 2.77. The molecule has 114 valence electrons.